The Hall–Kier alpha value is -1.31. The van der Waals surface area contributed by atoms with Crippen LogP contribution in [0.5, 0.6) is 0 Å². The topological polar surface area (TPSA) is 108 Å². The maximum absolute atomic E-state index is 11.5. The van der Waals surface area contributed by atoms with Crippen LogP contribution in [0.25, 0.3) is 0 Å². The van der Waals surface area contributed by atoms with E-state index < -0.39 is 12.0 Å². The number of carboxylic acid groups (broad SMARTS) is 1. The minimum absolute atomic E-state index is 0.00941. The van der Waals surface area contributed by atoms with Gasteiger partial charge in [-0.2, -0.15) is 0 Å². The molecule has 0 fully saturated rings. The Bertz CT molecular complexity index is 310. The molecule has 0 bridgehead atoms. The monoisotopic (exact) mass is 287 g/mol. The molecule has 0 rings (SSSR count). The summed E-state index contributed by atoms with van der Waals surface area (Å²) in [6.07, 6.45) is 3.28. The van der Waals surface area contributed by atoms with Gasteiger partial charge < -0.3 is 15.2 Å². The van der Waals surface area contributed by atoms with Gasteiger partial charge in [0.15, 0.2) is 0 Å². The van der Waals surface area contributed by atoms with Gasteiger partial charge >= 0.3 is 5.97 Å². The standard InChI is InChI=1S/C13H25N3O4/c1-10(18)12(5-3-4-8-14-2)16-15-11(9-17)6-7-13(19)20/h9,11-12,14-16H,3-8H2,1-2H3,(H,19,20)/t11-,12?/m1/s1. The number of carboxylic acids is 1. The molecule has 0 saturated heterocycles. The number of carbonyl (C=O) groups excluding carboxylic acids is 2. The molecule has 0 heterocycles. The van der Waals surface area contributed by atoms with Crippen molar-refractivity contribution < 1.29 is 19.5 Å². The Morgan fingerprint density at radius 2 is 1.90 bits per heavy atom. The zero-order valence-electron chi connectivity index (χ0n) is 12.1. The summed E-state index contributed by atoms with van der Waals surface area (Å²) in [5.74, 6) is -0.960. The Balaban J connectivity index is 4.06. The normalized spacial score (nSPS) is 13.7. The van der Waals surface area contributed by atoms with Crippen molar-refractivity contribution in [3.05, 3.63) is 0 Å². The Labute approximate surface area is 119 Å². The van der Waals surface area contributed by atoms with Crippen LogP contribution in [0.15, 0.2) is 0 Å². The van der Waals surface area contributed by atoms with Crippen LogP contribution in [0.2, 0.25) is 0 Å². The predicted molar refractivity (Wildman–Crippen MR) is 75.2 cm³/mol. The van der Waals surface area contributed by atoms with Gasteiger partial charge in [-0.15, -0.1) is 0 Å². The highest BCUT2D eigenvalue weighted by Crippen LogP contribution is 2.02. The molecule has 0 aromatic rings. The van der Waals surface area contributed by atoms with Gasteiger partial charge in [0.25, 0.3) is 0 Å². The van der Waals surface area contributed by atoms with Gasteiger partial charge in [0.2, 0.25) is 0 Å². The molecule has 0 spiro atoms. The lowest BCUT2D eigenvalue weighted by Gasteiger charge is -2.19. The van der Waals surface area contributed by atoms with Gasteiger partial charge in [0.1, 0.15) is 12.1 Å². The van der Waals surface area contributed by atoms with E-state index in [1.807, 2.05) is 7.05 Å². The zero-order valence-corrected chi connectivity index (χ0v) is 12.1. The largest absolute Gasteiger partial charge is 0.481 e. The fourth-order valence-electron chi connectivity index (χ4n) is 1.69. The van der Waals surface area contributed by atoms with Crippen molar-refractivity contribution in [1.29, 1.82) is 0 Å². The number of hydrogen-bond acceptors (Lipinski definition) is 6. The molecule has 7 heteroatoms. The van der Waals surface area contributed by atoms with Crippen molar-refractivity contribution in [3.8, 4) is 0 Å². The van der Waals surface area contributed by atoms with Crippen molar-refractivity contribution >= 4 is 18.0 Å². The molecule has 0 amide bonds. The highest BCUT2D eigenvalue weighted by molar-refractivity contribution is 5.81. The molecule has 0 aromatic carbocycles. The minimum atomic E-state index is -0.950. The molecule has 0 aromatic heterocycles. The number of nitrogens with one attached hydrogen (secondary N) is 3. The van der Waals surface area contributed by atoms with Crippen molar-refractivity contribution in [2.75, 3.05) is 13.6 Å². The third-order valence-electron chi connectivity index (χ3n) is 2.94. The molecule has 0 radical (unpaired) electrons. The minimum Gasteiger partial charge on any atom is -0.481 e. The molecule has 0 aliphatic carbocycles. The molecule has 0 aliphatic heterocycles. The van der Waals surface area contributed by atoms with Gasteiger partial charge in [0, 0.05) is 6.42 Å². The zero-order chi connectivity index (χ0) is 15.4. The smallest absolute Gasteiger partial charge is 0.303 e. The average molecular weight is 287 g/mol. The van der Waals surface area contributed by atoms with E-state index in [1.165, 1.54) is 6.92 Å². The number of rotatable bonds is 13. The summed E-state index contributed by atoms with van der Waals surface area (Å²) in [5.41, 5.74) is 5.56. The fraction of sp³-hybridized carbons (Fsp3) is 0.769. The third kappa shape index (κ3) is 9.60. The lowest BCUT2D eigenvalue weighted by molar-refractivity contribution is -0.137. The average Bonchev–Trinajstić information content (AvgIpc) is 2.40. The first-order valence-electron chi connectivity index (χ1n) is 6.84. The summed E-state index contributed by atoms with van der Waals surface area (Å²) < 4.78 is 0. The van der Waals surface area contributed by atoms with Gasteiger partial charge in [-0.05, 0) is 39.8 Å². The van der Waals surface area contributed by atoms with E-state index in [1.54, 1.807) is 0 Å². The molecule has 20 heavy (non-hydrogen) atoms. The van der Waals surface area contributed by atoms with E-state index >= 15 is 0 Å². The Kier molecular flexibility index (Phi) is 10.8. The van der Waals surface area contributed by atoms with Crippen molar-refractivity contribution in [2.45, 2.75) is 51.1 Å². The number of hydrazine groups is 1. The van der Waals surface area contributed by atoms with Crippen LogP contribution >= 0.6 is 0 Å². The van der Waals surface area contributed by atoms with Crippen LogP contribution in [-0.4, -0.2) is 48.8 Å². The SMILES string of the molecule is CNCCCCC(NN[C@@H](C=O)CCC(=O)O)C(C)=O. The van der Waals surface area contributed by atoms with E-state index in [4.69, 9.17) is 5.11 Å². The maximum Gasteiger partial charge on any atom is 0.303 e. The van der Waals surface area contributed by atoms with E-state index in [9.17, 15) is 14.4 Å². The Morgan fingerprint density at radius 3 is 2.40 bits per heavy atom. The number of aliphatic carboxylic acids is 1. The van der Waals surface area contributed by atoms with Gasteiger partial charge in [-0.1, -0.05) is 6.42 Å². The van der Waals surface area contributed by atoms with Gasteiger partial charge in [-0.25, -0.2) is 10.9 Å². The predicted octanol–water partition coefficient (Wildman–Crippen LogP) is -0.140. The number of Topliss-reactive ketones (excluding diaryl/α,β-unsaturated/α-hetero) is 1. The highest BCUT2D eigenvalue weighted by atomic mass is 16.4. The lowest BCUT2D eigenvalue weighted by Crippen LogP contribution is -2.50. The molecule has 116 valence electrons. The summed E-state index contributed by atoms with van der Waals surface area (Å²) in [7, 11) is 1.87. The number of carbonyl (C=O) groups is 3. The molecular weight excluding hydrogens is 262 g/mol. The van der Waals surface area contributed by atoms with Crippen LogP contribution in [0.4, 0.5) is 0 Å². The maximum atomic E-state index is 11.5. The van der Waals surface area contributed by atoms with Gasteiger partial charge in [-0.3, -0.25) is 9.59 Å². The van der Waals surface area contributed by atoms with Crippen molar-refractivity contribution in [1.82, 2.24) is 16.2 Å². The van der Waals surface area contributed by atoms with Crippen LogP contribution in [-0.2, 0) is 14.4 Å². The summed E-state index contributed by atoms with van der Waals surface area (Å²) in [5, 5.41) is 11.6. The van der Waals surface area contributed by atoms with Crippen LogP contribution in [0.1, 0.15) is 39.0 Å². The second-order valence-electron chi connectivity index (χ2n) is 4.73. The lowest BCUT2D eigenvalue weighted by atomic mass is 10.1. The fourth-order valence-corrected chi connectivity index (χ4v) is 1.69. The van der Waals surface area contributed by atoms with Crippen molar-refractivity contribution in [2.24, 2.45) is 0 Å². The number of hydrogen-bond donors (Lipinski definition) is 4. The molecule has 2 atom stereocenters. The van der Waals surface area contributed by atoms with Crippen molar-refractivity contribution in [3.63, 3.8) is 0 Å². The summed E-state index contributed by atoms with van der Waals surface area (Å²) >= 11 is 0. The third-order valence-corrected chi connectivity index (χ3v) is 2.94. The summed E-state index contributed by atoms with van der Waals surface area (Å²) in [6.45, 7) is 2.39. The molecule has 4 N–H and O–H groups in total. The first-order chi connectivity index (χ1) is 9.51. The first kappa shape index (κ1) is 18.7. The molecule has 0 aliphatic rings. The van der Waals surface area contributed by atoms with Gasteiger partial charge in [0.05, 0.1) is 12.1 Å². The Morgan fingerprint density at radius 1 is 1.20 bits per heavy atom. The molecule has 1 unspecified atom stereocenters. The van der Waals surface area contributed by atoms with Crippen LogP contribution < -0.4 is 16.2 Å². The number of unbranched alkanes of at least 4 members (excludes halogenated alkanes) is 1. The van der Waals surface area contributed by atoms with E-state index in [-0.39, 0.29) is 24.7 Å². The molecular formula is C13H25N3O4. The first-order valence-corrected chi connectivity index (χ1v) is 6.84. The summed E-state index contributed by atoms with van der Waals surface area (Å²) in [6, 6.07) is -0.968. The van der Waals surface area contributed by atoms with E-state index in [0.29, 0.717) is 12.7 Å². The second kappa shape index (κ2) is 11.5. The number of ketones is 1. The number of aldehydes is 1. The van der Waals surface area contributed by atoms with Crippen LogP contribution in [0.3, 0.4) is 0 Å². The van der Waals surface area contributed by atoms with E-state index in [2.05, 4.69) is 16.2 Å². The molecule has 7 nitrogen and oxygen atoms in total. The highest BCUT2D eigenvalue weighted by Gasteiger charge is 2.16. The quantitative estimate of drug-likeness (QED) is 0.212. The summed E-state index contributed by atoms with van der Waals surface area (Å²) in [4.78, 5) is 32.7. The van der Waals surface area contributed by atoms with Crippen LogP contribution in [0, 0.1) is 0 Å². The van der Waals surface area contributed by atoms with E-state index in [0.717, 1.165) is 19.4 Å². The molecule has 0 saturated carbocycles. The second-order valence-corrected chi connectivity index (χ2v) is 4.73.